The summed E-state index contributed by atoms with van der Waals surface area (Å²) >= 11 is 0. The zero-order chi connectivity index (χ0) is 15.1. The zero-order valence-electron chi connectivity index (χ0n) is 12.2. The minimum absolute atomic E-state index is 0.188. The number of hydrogen-bond donors (Lipinski definition) is 3. The van der Waals surface area contributed by atoms with Gasteiger partial charge in [0.1, 0.15) is 0 Å². The summed E-state index contributed by atoms with van der Waals surface area (Å²) < 4.78 is 5.01. The highest BCUT2D eigenvalue weighted by Crippen LogP contribution is 2.33. The molecular formula is C14H20N4O3. The molecule has 2 aromatic rings. The number of nitrogens with one attached hydrogen (secondary N) is 1. The van der Waals surface area contributed by atoms with Crippen LogP contribution in [0.5, 0.6) is 0 Å². The monoisotopic (exact) mass is 292 g/mol. The van der Waals surface area contributed by atoms with Gasteiger partial charge in [-0.25, -0.2) is 4.79 Å². The lowest BCUT2D eigenvalue weighted by molar-refractivity contribution is 0.191. The first kappa shape index (κ1) is 14.0. The number of aliphatic hydroxyl groups is 1. The minimum Gasteiger partial charge on any atom is -0.408 e. The van der Waals surface area contributed by atoms with E-state index in [9.17, 15) is 9.90 Å². The van der Waals surface area contributed by atoms with Crippen molar-refractivity contribution in [1.29, 1.82) is 0 Å². The second-order valence-electron chi connectivity index (χ2n) is 5.88. The Hall–Kier alpha value is -1.99. The second-order valence-corrected chi connectivity index (χ2v) is 5.88. The van der Waals surface area contributed by atoms with Crippen molar-refractivity contribution < 1.29 is 9.52 Å². The molecule has 1 saturated heterocycles. The van der Waals surface area contributed by atoms with Crippen LogP contribution in [0.3, 0.4) is 0 Å². The molecule has 1 aliphatic rings. The molecule has 1 fully saturated rings. The summed E-state index contributed by atoms with van der Waals surface area (Å²) in [7, 11) is 4.01. The lowest BCUT2D eigenvalue weighted by Crippen LogP contribution is -2.37. The van der Waals surface area contributed by atoms with Crippen molar-refractivity contribution in [3.8, 4) is 0 Å². The van der Waals surface area contributed by atoms with E-state index in [2.05, 4.69) is 14.8 Å². The number of hydrogen-bond acceptors (Lipinski definition) is 6. The van der Waals surface area contributed by atoms with Crippen molar-refractivity contribution in [2.45, 2.75) is 18.6 Å². The first-order valence-corrected chi connectivity index (χ1v) is 6.96. The summed E-state index contributed by atoms with van der Waals surface area (Å²) in [6, 6.07) is 3.66. The summed E-state index contributed by atoms with van der Waals surface area (Å²) in [6.07, 6.45) is 0.339. The third-order valence-electron chi connectivity index (χ3n) is 3.85. The van der Waals surface area contributed by atoms with Crippen molar-refractivity contribution >= 4 is 22.5 Å². The number of likely N-dealkylation sites (N-methyl/N-ethyl adjacent to an activating group) is 1. The van der Waals surface area contributed by atoms with Gasteiger partial charge >= 0.3 is 5.76 Å². The van der Waals surface area contributed by atoms with Crippen LogP contribution in [0, 0.1) is 0 Å². The molecule has 1 aromatic carbocycles. The maximum Gasteiger partial charge on any atom is 0.417 e. The quantitative estimate of drug-likeness (QED) is 0.699. The summed E-state index contributed by atoms with van der Waals surface area (Å²) in [5.74, 6) is -0.493. The topological polar surface area (TPSA) is 98.7 Å². The number of nitrogens with zero attached hydrogens (tertiary/aromatic N) is 2. The fourth-order valence-electron chi connectivity index (χ4n) is 3.03. The predicted molar refractivity (Wildman–Crippen MR) is 81.6 cm³/mol. The molecule has 0 bridgehead atoms. The van der Waals surface area contributed by atoms with Crippen LogP contribution in [0.1, 0.15) is 6.42 Å². The summed E-state index contributed by atoms with van der Waals surface area (Å²) in [6.45, 7) is 1.37. The Labute approximate surface area is 121 Å². The fourth-order valence-corrected chi connectivity index (χ4v) is 3.03. The van der Waals surface area contributed by atoms with Crippen LogP contribution >= 0.6 is 0 Å². The smallest absolute Gasteiger partial charge is 0.408 e. The van der Waals surface area contributed by atoms with Crippen LogP contribution in [0.25, 0.3) is 11.1 Å². The van der Waals surface area contributed by atoms with E-state index in [1.165, 1.54) is 0 Å². The number of benzene rings is 1. The van der Waals surface area contributed by atoms with Gasteiger partial charge in [0.05, 0.1) is 23.0 Å². The number of aromatic amines is 1. The number of β-amino-alcohol motifs (C(OH)–C–C–N with tert-alkyl or cyclic N) is 1. The van der Waals surface area contributed by atoms with Gasteiger partial charge < -0.3 is 25.1 Å². The van der Waals surface area contributed by atoms with Gasteiger partial charge in [-0.2, -0.15) is 0 Å². The number of nitrogen functional groups attached to an aromatic ring is 1. The first-order chi connectivity index (χ1) is 9.94. The number of anilines is 2. The number of rotatable bonds is 3. The number of nitrogens with two attached hydrogens (primary N) is 1. The lowest BCUT2D eigenvalue weighted by atomic mass is 10.1. The Morgan fingerprint density at radius 1 is 1.52 bits per heavy atom. The Morgan fingerprint density at radius 2 is 2.29 bits per heavy atom. The van der Waals surface area contributed by atoms with Gasteiger partial charge in [-0.1, -0.05) is 0 Å². The van der Waals surface area contributed by atoms with Crippen LogP contribution in [-0.2, 0) is 0 Å². The molecular weight excluding hydrogens is 272 g/mol. The molecule has 4 N–H and O–H groups in total. The van der Waals surface area contributed by atoms with E-state index in [4.69, 9.17) is 10.2 Å². The number of fused-ring (bicyclic) bond motifs is 1. The van der Waals surface area contributed by atoms with Gasteiger partial charge in [-0.05, 0) is 26.6 Å². The van der Waals surface area contributed by atoms with Gasteiger partial charge in [0.25, 0.3) is 0 Å². The number of aliphatic hydroxyl groups excluding tert-OH is 1. The second kappa shape index (κ2) is 5.09. The lowest BCUT2D eigenvalue weighted by Gasteiger charge is -2.29. The molecule has 1 aliphatic heterocycles. The maximum absolute atomic E-state index is 11.3. The van der Waals surface area contributed by atoms with Gasteiger partial charge in [0, 0.05) is 25.2 Å². The molecule has 0 radical (unpaired) electrons. The fraction of sp³-hybridized carbons (Fsp3) is 0.500. The largest absolute Gasteiger partial charge is 0.417 e. The Kier molecular flexibility index (Phi) is 3.38. The molecule has 7 nitrogen and oxygen atoms in total. The third kappa shape index (κ3) is 2.62. The van der Waals surface area contributed by atoms with Gasteiger partial charge in [-0.15, -0.1) is 0 Å². The van der Waals surface area contributed by atoms with Crippen LogP contribution in [-0.4, -0.2) is 54.3 Å². The molecule has 2 heterocycles. The number of aromatic nitrogens is 1. The van der Waals surface area contributed by atoms with Gasteiger partial charge in [0.2, 0.25) is 0 Å². The van der Waals surface area contributed by atoms with E-state index in [0.29, 0.717) is 29.8 Å². The Morgan fingerprint density at radius 3 is 3.00 bits per heavy atom. The molecule has 2 atom stereocenters. The van der Waals surface area contributed by atoms with Crippen molar-refractivity contribution in [1.82, 2.24) is 9.88 Å². The Bertz CT molecular complexity index is 706. The molecule has 0 aliphatic carbocycles. The standard InChI is InChI=1S/C14H20N4O3/c1-17(2)6-8-3-9(19)7-18(8)12-5-11-13(4-10(12)15)21-14(20)16-11/h4-5,8-9,19H,3,6-7,15H2,1-2H3,(H,16,20). The van der Waals surface area contributed by atoms with E-state index in [0.717, 1.165) is 12.2 Å². The number of H-pyrrole nitrogens is 1. The molecule has 3 rings (SSSR count). The van der Waals surface area contributed by atoms with Crippen molar-refractivity contribution in [2.75, 3.05) is 37.8 Å². The first-order valence-electron chi connectivity index (χ1n) is 6.96. The molecule has 0 saturated carbocycles. The van der Waals surface area contributed by atoms with Crippen LogP contribution in [0.15, 0.2) is 21.3 Å². The van der Waals surface area contributed by atoms with E-state index in [1.807, 2.05) is 20.2 Å². The van der Waals surface area contributed by atoms with Crippen molar-refractivity contribution in [3.63, 3.8) is 0 Å². The number of oxazole rings is 1. The summed E-state index contributed by atoms with van der Waals surface area (Å²) in [5.41, 5.74) is 8.54. The van der Waals surface area contributed by atoms with Crippen LogP contribution in [0.4, 0.5) is 11.4 Å². The van der Waals surface area contributed by atoms with E-state index >= 15 is 0 Å². The van der Waals surface area contributed by atoms with Crippen molar-refractivity contribution in [3.05, 3.63) is 22.7 Å². The maximum atomic E-state index is 11.3. The highest BCUT2D eigenvalue weighted by molar-refractivity contribution is 5.86. The normalized spacial score (nSPS) is 22.6. The average Bonchev–Trinajstić information content (AvgIpc) is 2.89. The summed E-state index contributed by atoms with van der Waals surface area (Å²) in [4.78, 5) is 18.1. The predicted octanol–water partition coefficient (Wildman–Crippen LogP) is 0.204. The highest BCUT2D eigenvalue weighted by Gasteiger charge is 2.32. The molecule has 2 unspecified atom stereocenters. The molecule has 0 amide bonds. The van der Waals surface area contributed by atoms with E-state index in [1.54, 1.807) is 6.07 Å². The third-order valence-corrected chi connectivity index (χ3v) is 3.85. The summed E-state index contributed by atoms with van der Waals surface area (Å²) in [5, 5.41) is 9.98. The van der Waals surface area contributed by atoms with Crippen LogP contribution in [0.2, 0.25) is 0 Å². The molecule has 0 spiro atoms. The Balaban J connectivity index is 2.01. The highest BCUT2D eigenvalue weighted by atomic mass is 16.4. The minimum atomic E-state index is -0.493. The molecule has 7 heteroatoms. The van der Waals surface area contributed by atoms with Crippen LogP contribution < -0.4 is 16.4 Å². The van der Waals surface area contributed by atoms with E-state index in [-0.39, 0.29) is 12.1 Å². The molecule has 1 aromatic heterocycles. The molecule has 21 heavy (non-hydrogen) atoms. The molecule has 114 valence electrons. The zero-order valence-corrected chi connectivity index (χ0v) is 12.2. The van der Waals surface area contributed by atoms with Gasteiger partial charge in [0.15, 0.2) is 5.58 Å². The van der Waals surface area contributed by atoms with Crippen molar-refractivity contribution in [2.24, 2.45) is 0 Å². The van der Waals surface area contributed by atoms with Gasteiger partial charge in [-0.3, -0.25) is 4.98 Å². The average molecular weight is 292 g/mol. The SMILES string of the molecule is CN(C)CC1CC(O)CN1c1cc2[nH]c(=O)oc2cc1N. The van der Waals surface area contributed by atoms with E-state index < -0.39 is 5.76 Å².